The van der Waals surface area contributed by atoms with Gasteiger partial charge in [0.05, 0.1) is 0 Å². The lowest BCUT2D eigenvalue weighted by atomic mass is 10.0. The van der Waals surface area contributed by atoms with Crippen molar-refractivity contribution < 1.29 is 13.6 Å². The molecular formula is C14H9BrF2OS. The second-order valence-electron chi connectivity index (χ2n) is 3.94. The van der Waals surface area contributed by atoms with E-state index in [0.29, 0.717) is 15.8 Å². The first-order valence-corrected chi connectivity index (χ1v) is 6.97. The summed E-state index contributed by atoms with van der Waals surface area (Å²) in [5.74, 6) is -2.37. The van der Waals surface area contributed by atoms with E-state index in [1.807, 2.05) is 0 Å². The predicted octanol–water partition coefficient (Wildman–Crippen LogP) is 4.38. The molecule has 0 aromatic heterocycles. The first kappa shape index (κ1) is 14.2. The molecule has 0 aliphatic rings. The Morgan fingerprint density at radius 1 is 1.05 bits per heavy atom. The van der Waals surface area contributed by atoms with Gasteiger partial charge in [-0.25, -0.2) is 8.78 Å². The summed E-state index contributed by atoms with van der Waals surface area (Å²) in [7, 11) is 0. The quantitative estimate of drug-likeness (QED) is 0.497. The van der Waals surface area contributed by atoms with Gasteiger partial charge >= 0.3 is 0 Å². The maximum absolute atomic E-state index is 13.1. The molecule has 5 heteroatoms. The van der Waals surface area contributed by atoms with Crippen molar-refractivity contribution in [1.82, 2.24) is 0 Å². The Labute approximate surface area is 123 Å². The molecule has 98 valence electrons. The standard InChI is InChI=1S/C14H9BrF2OS/c15-7-10-2-1-9(6-13(10)19)14(18)8-3-4-11(16)12(17)5-8/h1-6,19H,7H2. The average Bonchev–Trinajstić information content (AvgIpc) is 2.41. The van der Waals surface area contributed by atoms with Crippen molar-refractivity contribution in [2.24, 2.45) is 0 Å². The maximum Gasteiger partial charge on any atom is 0.193 e. The van der Waals surface area contributed by atoms with Crippen LogP contribution < -0.4 is 0 Å². The third-order valence-electron chi connectivity index (χ3n) is 2.67. The minimum Gasteiger partial charge on any atom is -0.289 e. The minimum absolute atomic E-state index is 0.109. The van der Waals surface area contributed by atoms with E-state index in [0.717, 1.165) is 17.7 Å². The highest BCUT2D eigenvalue weighted by molar-refractivity contribution is 9.08. The summed E-state index contributed by atoms with van der Waals surface area (Å²) in [5, 5.41) is 0.630. The molecule has 0 spiro atoms. The summed E-state index contributed by atoms with van der Waals surface area (Å²) in [4.78, 5) is 12.8. The van der Waals surface area contributed by atoms with Gasteiger partial charge in [-0.05, 0) is 29.8 Å². The summed E-state index contributed by atoms with van der Waals surface area (Å²) in [5.41, 5.74) is 1.45. The van der Waals surface area contributed by atoms with Crippen molar-refractivity contribution in [1.29, 1.82) is 0 Å². The molecule has 2 rings (SSSR count). The van der Waals surface area contributed by atoms with E-state index in [1.165, 1.54) is 6.07 Å². The number of thiol groups is 1. The monoisotopic (exact) mass is 342 g/mol. The van der Waals surface area contributed by atoms with Crippen molar-refractivity contribution in [3.05, 3.63) is 64.7 Å². The van der Waals surface area contributed by atoms with E-state index < -0.39 is 11.6 Å². The molecule has 0 saturated carbocycles. The number of hydrogen-bond donors (Lipinski definition) is 1. The molecule has 19 heavy (non-hydrogen) atoms. The molecule has 0 N–H and O–H groups in total. The molecule has 0 bridgehead atoms. The lowest BCUT2D eigenvalue weighted by Crippen LogP contribution is -2.03. The predicted molar refractivity (Wildman–Crippen MR) is 76.1 cm³/mol. The van der Waals surface area contributed by atoms with Gasteiger partial charge in [0.2, 0.25) is 0 Å². The molecule has 0 radical (unpaired) electrons. The van der Waals surface area contributed by atoms with Crippen LogP contribution in [0.4, 0.5) is 8.78 Å². The average molecular weight is 343 g/mol. The number of rotatable bonds is 3. The van der Waals surface area contributed by atoms with E-state index in [1.54, 1.807) is 18.2 Å². The third-order valence-corrected chi connectivity index (χ3v) is 3.69. The van der Waals surface area contributed by atoms with Crippen LogP contribution in [0.1, 0.15) is 21.5 Å². The molecule has 1 nitrogen and oxygen atoms in total. The Bertz CT molecular complexity index is 643. The zero-order chi connectivity index (χ0) is 14.0. The number of carbonyl (C=O) groups is 1. The van der Waals surface area contributed by atoms with Gasteiger partial charge in [-0.15, -0.1) is 12.6 Å². The Balaban J connectivity index is 2.38. The van der Waals surface area contributed by atoms with E-state index >= 15 is 0 Å². The van der Waals surface area contributed by atoms with Gasteiger partial charge in [-0.3, -0.25) is 4.79 Å². The maximum atomic E-state index is 13.1. The summed E-state index contributed by atoms with van der Waals surface area (Å²) in [6, 6.07) is 8.12. The van der Waals surface area contributed by atoms with Crippen LogP contribution in [-0.2, 0) is 5.33 Å². The largest absolute Gasteiger partial charge is 0.289 e. The van der Waals surface area contributed by atoms with Crippen molar-refractivity contribution in [3.8, 4) is 0 Å². The van der Waals surface area contributed by atoms with Crippen LogP contribution >= 0.6 is 28.6 Å². The van der Waals surface area contributed by atoms with Crippen LogP contribution in [0.15, 0.2) is 41.3 Å². The Kier molecular flexibility index (Phi) is 4.37. The first-order chi connectivity index (χ1) is 9.02. The van der Waals surface area contributed by atoms with Crippen LogP contribution in [-0.4, -0.2) is 5.78 Å². The molecule has 0 amide bonds. The van der Waals surface area contributed by atoms with Gasteiger partial charge in [0.25, 0.3) is 0 Å². The summed E-state index contributed by atoms with van der Waals surface area (Å²) in [6.45, 7) is 0. The summed E-state index contributed by atoms with van der Waals surface area (Å²) >= 11 is 7.58. The lowest BCUT2D eigenvalue weighted by Gasteiger charge is -2.06. The van der Waals surface area contributed by atoms with Crippen molar-refractivity contribution in [3.63, 3.8) is 0 Å². The molecule has 0 unspecified atom stereocenters. The van der Waals surface area contributed by atoms with Gasteiger partial charge in [0.15, 0.2) is 17.4 Å². The molecule has 0 aliphatic carbocycles. The fraction of sp³-hybridized carbons (Fsp3) is 0.0714. The second kappa shape index (κ2) is 5.84. The van der Waals surface area contributed by atoms with E-state index in [9.17, 15) is 13.6 Å². The number of benzene rings is 2. The fourth-order valence-electron chi connectivity index (χ4n) is 1.62. The van der Waals surface area contributed by atoms with Crippen molar-refractivity contribution in [2.45, 2.75) is 10.2 Å². The smallest absolute Gasteiger partial charge is 0.193 e. The van der Waals surface area contributed by atoms with Gasteiger partial charge in [-0.1, -0.05) is 28.1 Å². The minimum atomic E-state index is -1.03. The Morgan fingerprint density at radius 3 is 2.26 bits per heavy atom. The molecule has 0 heterocycles. The number of halogens is 3. The molecule has 2 aromatic rings. The van der Waals surface area contributed by atoms with Gasteiger partial charge in [0, 0.05) is 21.4 Å². The van der Waals surface area contributed by atoms with Gasteiger partial charge in [0.1, 0.15) is 0 Å². The van der Waals surface area contributed by atoms with Crippen molar-refractivity contribution >= 4 is 34.3 Å². The number of alkyl halides is 1. The Morgan fingerprint density at radius 2 is 1.68 bits per heavy atom. The van der Waals surface area contributed by atoms with Crippen LogP contribution in [0.2, 0.25) is 0 Å². The highest BCUT2D eigenvalue weighted by atomic mass is 79.9. The van der Waals surface area contributed by atoms with Crippen LogP contribution in [0.3, 0.4) is 0 Å². The second-order valence-corrected chi connectivity index (χ2v) is 4.98. The van der Waals surface area contributed by atoms with Crippen LogP contribution in [0, 0.1) is 11.6 Å². The number of hydrogen-bond acceptors (Lipinski definition) is 2. The Hall–Kier alpha value is -1.20. The number of ketones is 1. The fourth-order valence-corrected chi connectivity index (χ4v) is 2.62. The van der Waals surface area contributed by atoms with E-state index in [2.05, 4.69) is 28.6 Å². The van der Waals surface area contributed by atoms with Crippen LogP contribution in [0.25, 0.3) is 0 Å². The first-order valence-electron chi connectivity index (χ1n) is 5.40. The zero-order valence-corrected chi connectivity index (χ0v) is 12.1. The topological polar surface area (TPSA) is 17.1 Å². The summed E-state index contributed by atoms with van der Waals surface area (Å²) < 4.78 is 25.9. The molecular weight excluding hydrogens is 334 g/mol. The zero-order valence-electron chi connectivity index (χ0n) is 9.66. The lowest BCUT2D eigenvalue weighted by molar-refractivity contribution is 0.103. The molecule has 0 aliphatic heterocycles. The normalized spacial score (nSPS) is 10.5. The number of carbonyl (C=O) groups excluding carboxylic acids is 1. The van der Waals surface area contributed by atoms with E-state index in [4.69, 9.17) is 0 Å². The van der Waals surface area contributed by atoms with Gasteiger partial charge < -0.3 is 0 Å². The van der Waals surface area contributed by atoms with Crippen molar-refractivity contribution in [2.75, 3.05) is 0 Å². The summed E-state index contributed by atoms with van der Waals surface area (Å²) in [6.07, 6.45) is 0. The molecule has 0 atom stereocenters. The van der Waals surface area contributed by atoms with Crippen LogP contribution in [0.5, 0.6) is 0 Å². The molecule has 0 saturated heterocycles. The van der Waals surface area contributed by atoms with E-state index in [-0.39, 0.29) is 11.3 Å². The van der Waals surface area contributed by atoms with Gasteiger partial charge in [-0.2, -0.15) is 0 Å². The highest BCUT2D eigenvalue weighted by Gasteiger charge is 2.13. The molecule has 2 aromatic carbocycles. The SMILES string of the molecule is O=C(c1ccc(F)c(F)c1)c1ccc(CBr)c(S)c1. The molecule has 0 fully saturated rings. The highest BCUT2D eigenvalue weighted by Crippen LogP contribution is 2.21. The third kappa shape index (κ3) is 3.04.